The number of amides is 1. The lowest BCUT2D eigenvalue weighted by molar-refractivity contribution is -0.123. The number of rotatable bonds is 8. The van der Waals surface area contributed by atoms with Crippen LogP contribution in [0.15, 0.2) is 0 Å². The van der Waals surface area contributed by atoms with Gasteiger partial charge in [0.1, 0.15) is 0 Å². The topological polar surface area (TPSA) is 61.8 Å². The lowest BCUT2D eigenvalue weighted by Gasteiger charge is -2.20. The first-order chi connectivity index (χ1) is 7.13. The van der Waals surface area contributed by atoms with Crippen LogP contribution in [0, 0.1) is 0 Å². The molecule has 0 rings (SSSR count). The van der Waals surface area contributed by atoms with Crippen molar-refractivity contribution in [2.24, 2.45) is 0 Å². The predicted octanol–water partition coefficient (Wildman–Crippen LogP) is -0.548. The molecule has 1 atom stereocenters. The first-order valence-corrected chi connectivity index (χ1v) is 5.25. The van der Waals surface area contributed by atoms with Crippen LogP contribution in [-0.4, -0.2) is 61.9 Å². The molecule has 0 saturated carbocycles. The van der Waals surface area contributed by atoms with E-state index in [0.29, 0.717) is 19.7 Å². The van der Waals surface area contributed by atoms with E-state index in [9.17, 15) is 4.79 Å². The number of aliphatic hydroxyl groups excluding tert-OH is 1. The number of methoxy groups -OCH3 is 1. The Morgan fingerprint density at radius 2 is 2.27 bits per heavy atom. The third kappa shape index (κ3) is 7.30. The molecule has 5 nitrogen and oxygen atoms in total. The van der Waals surface area contributed by atoms with Crippen molar-refractivity contribution in [3.63, 3.8) is 0 Å². The van der Waals surface area contributed by atoms with Gasteiger partial charge in [-0.2, -0.15) is 0 Å². The van der Waals surface area contributed by atoms with Gasteiger partial charge in [-0.1, -0.05) is 6.92 Å². The number of hydrogen-bond donors (Lipinski definition) is 2. The number of likely N-dealkylation sites (N-methyl/N-ethyl adjacent to an activating group) is 1. The van der Waals surface area contributed by atoms with E-state index in [1.807, 2.05) is 18.7 Å². The minimum atomic E-state index is -0.0325. The summed E-state index contributed by atoms with van der Waals surface area (Å²) in [5.74, 6) is -0.0325. The van der Waals surface area contributed by atoms with Crippen molar-refractivity contribution < 1.29 is 14.6 Å². The Hall–Kier alpha value is -0.650. The lowest BCUT2D eigenvalue weighted by atomic mass is 10.3. The summed E-state index contributed by atoms with van der Waals surface area (Å²) in [6.07, 6.45) is 0. The van der Waals surface area contributed by atoms with Gasteiger partial charge in [0.2, 0.25) is 5.91 Å². The zero-order chi connectivity index (χ0) is 11.7. The number of hydrogen-bond acceptors (Lipinski definition) is 4. The van der Waals surface area contributed by atoms with Gasteiger partial charge < -0.3 is 15.2 Å². The molecule has 2 N–H and O–H groups in total. The number of nitrogens with zero attached hydrogens (tertiary/aromatic N) is 1. The summed E-state index contributed by atoms with van der Waals surface area (Å²) < 4.78 is 4.91. The van der Waals surface area contributed by atoms with Crippen molar-refractivity contribution in [2.45, 2.75) is 19.9 Å². The van der Waals surface area contributed by atoms with Gasteiger partial charge in [-0.15, -0.1) is 0 Å². The standard InChI is InChI=1S/C10H22N2O3/c1-4-12(5-6-13)7-10(14)11-9(2)8-15-3/h9,13H,4-8H2,1-3H3,(H,11,14). The average Bonchev–Trinajstić information content (AvgIpc) is 2.17. The quantitative estimate of drug-likeness (QED) is 0.574. The van der Waals surface area contributed by atoms with Crippen LogP contribution in [0.5, 0.6) is 0 Å². The summed E-state index contributed by atoms with van der Waals surface area (Å²) in [4.78, 5) is 13.4. The summed E-state index contributed by atoms with van der Waals surface area (Å²) in [5.41, 5.74) is 0. The molecule has 0 aromatic rings. The van der Waals surface area contributed by atoms with E-state index in [-0.39, 0.29) is 18.6 Å². The van der Waals surface area contributed by atoms with E-state index in [1.165, 1.54) is 0 Å². The smallest absolute Gasteiger partial charge is 0.234 e. The molecule has 0 aromatic heterocycles. The fourth-order valence-electron chi connectivity index (χ4n) is 1.31. The molecule has 5 heteroatoms. The molecule has 1 amide bonds. The highest BCUT2D eigenvalue weighted by atomic mass is 16.5. The van der Waals surface area contributed by atoms with Gasteiger partial charge in [-0.25, -0.2) is 0 Å². The Morgan fingerprint density at radius 3 is 2.73 bits per heavy atom. The molecule has 0 aliphatic heterocycles. The Morgan fingerprint density at radius 1 is 1.60 bits per heavy atom. The molecule has 1 unspecified atom stereocenters. The fourth-order valence-corrected chi connectivity index (χ4v) is 1.31. The third-order valence-electron chi connectivity index (χ3n) is 2.05. The third-order valence-corrected chi connectivity index (χ3v) is 2.05. The summed E-state index contributed by atoms with van der Waals surface area (Å²) in [5, 5.41) is 11.6. The van der Waals surface area contributed by atoms with E-state index in [0.717, 1.165) is 6.54 Å². The maximum Gasteiger partial charge on any atom is 0.234 e. The van der Waals surface area contributed by atoms with E-state index in [1.54, 1.807) is 7.11 Å². The van der Waals surface area contributed by atoms with E-state index >= 15 is 0 Å². The fraction of sp³-hybridized carbons (Fsp3) is 0.900. The average molecular weight is 218 g/mol. The van der Waals surface area contributed by atoms with Crippen LogP contribution in [0.1, 0.15) is 13.8 Å². The van der Waals surface area contributed by atoms with Crippen LogP contribution in [0.3, 0.4) is 0 Å². The van der Waals surface area contributed by atoms with Gasteiger partial charge >= 0.3 is 0 Å². The number of carbonyl (C=O) groups excluding carboxylic acids is 1. The molecule has 0 aliphatic rings. The minimum Gasteiger partial charge on any atom is -0.395 e. The Bertz CT molecular complexity index is 176. The van der Waals surface area contributed by atoms with Crippen LogP contribution in [-0.2, 0) is 9.53 Å². The van der Waals surface area contributed by atoms with Crippen LogP contribution in [0.2, 0.25) is 0 Å². The Labute approximate surface area is 91.4 Å². The second-order valence-corrected chi connectivity index (χ2v) is 3.52. The highest BCUT2D eigenvalue weighted by Gasteiger charge is 2.10. The predicted molar refractivity (Wildman–Crippen MR) is 58.7 cm³/mol. The highest BCUT2D eigenvalue weighted by molar-refractivity contribution is 5.78. The molecule has 0 radical (unpaired) electrons. The SMILES string of the molecule is CCN(CCO)CC(=O)NC(C)COC. The summed E-state index contributed by atoms with van der Waals surface area (Å²) in [6, 6.07) is 0.0235. The summed E-state index contributed by atoms with van der Waals surface area (Å²) in [6.45, 7) is 6.05. The van der Waals surface area contributed by atoms with Gasteiger partial charge in [0.25, 0.3) is 0 Å². The van der Waals surface area contributed by atoms with Gasteiger partial charge in [0.15, 0.2) is 0 Å². The maximum atomic E-state index is 11.5. The number of aliphatic hydroxyl groups is 1. The summed E-state index contributed by atoms with van der Waals surface area (Å²) in [7, 11) is 1.60. The molecule has 0 saturated heterocycles. The zero-order valence-electron chi connectivity index (χ0n) is 9.82. The minimum absolute atomic E-state index is 0.0235. The van der Waals surface area contributed by atoms with Crippen LogP contribution >= 0.6 is 0 Å². The van der Waals surface area contributed by atoms with Crippen molar-refractivity contribution in [1.82, 2.24) is 10.2 Å². The van der Waals surface area contributed by atoms with Crippen LogP contribution < -0.4 is 5.32 Å². The molecule has 90 valence electrons. The van der Waals surface area contributed by atoms with Crippen molar-refractivity contribution in [3.05, 3.63) is 0 Å². The first-order valence-electron chi connectivity index (χ1n) is 5.25. The zero-order valence-corrected chi connectivity index (χ0v) is 9.82. The lowest BCUT2D eigenvalue weighted by Crippen LogP contribution is -2.43. The molecule has 0 heterocycles. The van der Waals surface area contributed by atoms with Gasteiger partial charge in [0.05, 0.1) is 19.8 Å². The van der Waals surface area contributed by atoms with Crippen LogP contribution in [0.25, 0.3) is 0 Å². The molecular weight excluding hydrogens is 196 g/mol. The monoisotopic (exact) mass is 218 g/mol. The molecule has 0 aromatic carbocycles. The van der Waals surface area contributed by atoms with Crippen LogP contribution in [0.4, 0.5) is 0 Å². The van der Waals surface area contributed by atoms with E-state index in [2.05, 4.69) is 5.32 Å². The molecule has 0 bridgehead atoms. The Kier molecular flexibility index (Phi) is 8.27. The van der Waals surface area contributed by atoms with E-state index < -0.39 is 0 Å². The van der Waals surface area contributed by atoms with E-state index in [4.69, 9.17) is 9.84 Å². The Balaban J connectivity index is 3.79. The number of nitrogens with one attached hydrogen (secondary N) is 1. The second kappa shape index (κ2) is 8.64. The van der Waals surface area contributed by atoms with Crippen molar-refractivity contribution in [2.75, 3.05) is 40.0 Å². The first kappa shape index (κ1) is 14.3. The van der Waals surface area contributed by atoms with Crippen molar-refractivity contribution >= 4 is 5.91 Å². The maximum absolute atomic E-state index is 11.5. The molecule has 0 aliphatic carbocycles. The van der Waals surface area contributed by atoms with Gasteiger partial charge in [-0.05, 0) is 13.5 Å². The van der Waals surface area contributed by atoms with Gasteiger partial charge in [-0.3, -0.25) is 9.69 Å². The number of ether oxygens (including phenoxy) is 1. The molecular formula is C10H22N2O3. The second-order valence-electron chi connectivity index (χ2n) is 3.52. The summed E-state index contributed by atoms with van der Waals surface area (Å²) >= 11 is 0. The molecule has 0 spiro atoms. The highest BCUT2D eigenvalue weighted by Crippen LogP contribution is 1.88. The molecule has 0 fully saturated rings. The number of carbonyl (C=O) groups is 1. The van der Waals surface area contributed by atoms with Crippen molar-refractivity contribution in [1.29, 1.82) is 0 Å². The van der Waals surface area contributed by atoms with Gasteiger partial charge in [0, 0.05) is 19.7 Å². The van der Waals surface area contributed by atoms with Crippen molar-refractivity contribution in [3.8, 4) is 0 Å². The largest absolute Gasteiger partial charge is 0.395 e. The molecule has 15 heavy (non-hydrogen) atoms. The normalized spacial score (nSPS) is 12.9.